The molecule has 1 atom stereocenters. The molecule has 1 amide bonds. The zero-order valence-corrected chi connectivity index (χ0v) is 24.1. The fraction of sp³-hybridized carbons (Fsp3) is 0.567. The van der Waals surface area contributed by atoms with Gasteiger partial charge in [0, 0.05) is 81.7 Å². The predicted molar refractivity (Wildman–Crippen MR) is 157 cm³/mol. The van der Waals surface area contributed by atoms with Crippen LogP contribution in [0.1, 0.15) is 74.7 Å². The van der Waals surface area contributed by atoms with E-state index in [-0.39, 0.29) is 11.9 Å². The van der Waals surface area contributed by atoms with Crippen molar-refractivity contribution in [3.05, 3.63) is 52.1 Å². The molecule has 5 rings (SSSR count). The van der Waals surface area contributed by atoms with Crippen LogP contribution in [-0.2, 0) is 4.79 Å². The molecule has 7 nitrogen and oxygen atoms in total. The number of piperazine rings is 1. The summed E-state index contributed by atoms with van der Waals surface area (Å²) in [6, 6.07) is 8.84. The highest BCUT2D eigenvalue weighted by atomic mass is 32.1. The van der Waals surface area contributed by atoms with Crippen molar-refractivity contribution < 1.29 is 4.79 Å². The Kier molecular flexibility index (Phi) is 8.61. The average Bonchev–Trinajstić information content (AvgIpc) is 3.30. The van der Waals surface area contributed by atoms with E-state index >= 15 is 0 Å². The minimum Gasteiger partial charge on any atom is -0.368 e. The molecule has 2 fully saturated rings. The van der Waals surface area contributed by atoms with Crippen LogP contribution in [-0.4, -0.2) is 78.0 Å². The lowest BCUT2D eigenvalue weighted by Gasteiger charge is -2.33. The van der Waals surface area contributed by atoms with Gasteiger partial charge in [-0.1, -0.05) is 33.8 Å². The minimum absolute atomic E-state index is 0.0120. The van der Waals surface area contributed by atoms with Crippen LogP contribution < -0.4 is 10.2 Å². The number of hydrogen-bond acceptors (Lipinski definition) is 7. The van der Waals surface area contributed by atoms with Gasteiger partial charge in [0.05, 0.1) is 27.9 Å². The van der Waals surface area contributed by atoms with E-state index in [9.17, 15) is 4.79 Å². The Hall–Kier alpha value is -2.55. The lowest BCUT2D eigenvalue weighted by atomic mass is 9.99. The van der Waals surface area contributed by atoms with E-state index in [0.29, 0.717) is 18.3 Å². The SMILES string of the molecule is CC(C)c1cc(N2CCCN(C(CC(=O)N3CCNCC3)c3csc(C(C)C)n3)CC2)c2ncccc2c1. The second-order valence-electron chi connectivity index (χ2n) is 11.3. The van der Waals surface area contributed by atoms with Gasteiger partial charge in [0.15, 0.2) is 0 Å². The molecule has 3 aromatic rings. The monoisotopic (exact) mass is 534 g/mol. The Morgan fingerprint density at radius 3 is 2.58 bits per heavy atom. The van der Waals surface area contributed by atoms with E-state index in [0.717, 1.165) is 75.0 Å². The van der Waals surface area contributed by atoms with Crippen LogP contribution in [0.2, 0.25) is 0 Å². The molecule has 0 bridgehead atoms. The molecular weight excluding hydrogens is 492 g/mol. The third-order valence-electron chi connectivity index (χ3n) is 7.90. The molecule has 2 saturated heterocycles. The predicted octanol–water partition coefficient (Wildman–Crippen LogP) is 5.01. The van der Waals surface area contributed by atoms with Gasteiger partial charge in [-0.3, -0.25) is 14.7 Å². The summed E-state index contributed by atoms with van der Waals surface area (Å²) in [5.74, 6) is 1.10. The molecule has 1 unspecified atom stereocenters. The van der Waals surface area contributed by atoms with Gasteiger partial charge in [0.1, 0.15) is 0 Å². The maximum absolute atomic E-state index is 13.4. The van der Waals surface area contributed by atoms with Crippen molar-refractivity contribution in [1.82, 2.24) is 25.1 Å². The molecule has 4 heterocycles. The standard InChI is InChI=1S/C30H42N6OS/c1-21(2)24-17-23-7-5-8-32-29(23)27(18-24)35-12-6-11-34(15-16-35)26(25-20-38-30(33-25)22(3)4)19-28(37)36-13-9-31-10-14-36/h5,7-8,17-18,20-22,26,31H,6,9-16,19H2,1-4H3. The fourth-order valence-corrected chi connectivity index (χ4v) is 6.49. The molecule has 38 heavy (non-hydrogen) atoms. The first-order valence-electron chi connectivity index (χ1n) is 14.2. The summed E-state index contributed by atoms with van der Waals surface area (Å²) >= 11 is 1.73. The Bertz CT molecular complexity index is 1230. The lowest BCUT2D eigenvalue weighted by molar-refractivity contribution is -0.133. The lowest BCUT2D eigenvalue weighted by Crippen LogP contribution is -2.47. The first-order chi connectivity index (χ1) is 18.4. The van der Waals surface area contributed by atoms with Crippen LogP contribution in [0, 0.1) is 0 Å². The highest BCUT2D eigenvalue weighted by Gasteiger charge is 2.30. The van der Waals surface area contributed by atoms with E-state index in [1.54, 1.807) is 11.3 Å². The molecule has 1 aromatic carbocycles. The van der Waals surface area contributed by atoms with Crippen molar-refractivity contribution >= 4 is 33.8 Å². The van der Waals surface area contributed by atoms with Crippen LogP contribution in [0.3, 0.4) is 0 Å². The third kappa shape index (κ3) is 6.03. The summed E-state index contributed by atoms with van der Waals surface area (Å²) < 4.78 is 0. The first-order valence-corrected chi connectivity index (χ1v) is 15.1. The first kappa shape index (κ1) is 27.0. The highest BCUT2D eigenvalue weighted by Crippen LogP contribution is 2.33. The number of nitrogens with zero attached hydrogens (tertiary/aromatic N) is 5. The van der Waals surface area contributed by atoms with Gasteiger partial charge in [-0.25, -0.2) is 4.98 Å². The average molecular weight is 535 g/mol. The maximum Gasteiger partial charge on any atom is 0.224 e. The quantitative estimate of drug-likeness (QED) is 0.460. The molecule has 8 heteroatoms. The zero-order chi connectivity index (χ0) is 26.6. The number of nitrogens with one attached hydrogen (secondary N) is 1. The molecule has 0 spiro atoms. The molecular formula is C30H42N6OS. The summed E-state index contributed by atoms with van der Waals surface area (Å²) in [6.45, 7) is 16.0. The van der Waals surface area contributed by atoms with Crippen LogP contribution in [0.25, 0.3) is 10.9 Å². The molecule has 204 valence electrons. The normalized spacial score (nSPS) is 18.4. The van der Waals surface area contributed by atoms with Gasteiger partial charge in [-0.2, -0.15) is 0 Å². The second-order valence-corrected chi connectivity index (χ2v) is 12.2. The molecule has 2 aliphatic heterocycles. The number of anilines is 1. The largest absolute Gasteiger partial charge is 0.368 e. The van der Waals surface area contributed by atoms with Gasteiger partial charge in [-0.05, 0) is 36.1 Å². The van der Waals surface area contributed by atoms with Crippen LogP contribution in [0.15, 0.2) is 35.8 Å². The van der Waals surface area contributed by atoms with E-state index in [1.807, 2.05) is 17.2 Å². The Morgan fingerprint density at radius 1 is 1.03 bits per heavy atom. The number of pyridine rings is 1. The van der Waals surface area contributed by atoms with E-state index < -0.39 is 0 Å². The number of hydrogen-bond donors (Lipinski definition) is 1. The van der Waals surface area contributed by atoms with Gasteiger partial charge in [-0.15, -0.1) is 11.3 Å². The second kappa shape index (κ2) is 12.1. The Balaban J connectivity index is 1.39. The van der Waals surface area contributed by atoms with Crippen molar-refractivity contribution in [2.45, 2.75) is 58.4 Å². The third-order valence-corrected chi connectivity index (χ3v) is 9.06. The minimum atomic E-state index is 0.0120. The summed E-state index contributed by atoms with van der Waals surface area (Å²) in [6.07, 6.45) is 3.44. The van der Waals surface area contributed by atoms with Gasteiger partial charge in [0.2, 0.25) is 5.91 Å². The van der Waals surface area contributed by atoms with Crippen LogP contribution in [0.5, 0.6) is 0 Å². The Morgan fingerprint density at radius 2 is 1.84 bits per heavy atom. The van der Waals surface area contributed by atoms with Crippen molar-refractivity contribution in [3.8, 4) is 0 Å². The smallest absolute Gasteiger partial charge is 0.224 e. The van der Waals surface area contributed by atoms with Crippen LogP contribution >= 0.6 is 11.3 Å². The maximum atomic E-state index is 13.4. The summed E-state index contributed by atoms with van der Waals surface area (Å²) in [4.78, 5) is 30.3. The van der Waals surface area contributed by atoms with Crippen molar-refractivity contribution in [1.29, 1.82) is 0 Å². The van der Waals surface area contributed by atoms with Crippen molar-refractivity contribution in [2.75, 3.05) is 57.3 Å². The molecule has 0 radical (unpaired) electrons. The molecule has 2 aliphatic rings. The summed E-state index contributed by atoms with van der Waals surface area (Å²) in [5.41, 5.74) is 4.73. The fourth-order valence-electron chi connectivity index (χ4n) is 5.61. The highest BCUT2D eigenvalue weighted by molar-refractivity contribution is 7.09. The number of rotatable bonds is 7. The van der Waals surface area contributed by atoms with E-state index in [4.69, 9.17) is 9.97 Å². The topological polar surface area (TPSA) is 64.6 Å². The molecule has 0 aliphatic carbocycles. The zero-order valence-electron chi connectivity index (χ0n) is 23.3. The molecule has 1 N–H and O–H groups in total. The number of amides is 1. The number of aromatic nitrogens is 2. The number of carbonyl (C=O) groups is 1. The summed E-state index contributed by atoms with van der Waals surface area (Å²) in [7, 11) is 0. The molecule has 2 aromatic heterocycles. The van der Waals surface area contributed by atoms with Crippen molar-refractivity contribution in [2.24, 2.45) is 0 Å². The number of thiazole rings is 1. The van der Waals surface area contributed by atoms with Crippen molar-refractivity contribution in [3.63, 3.8) is 0 Å². The van der Waals surface area contributed by atoms with Gasteiger partial charge >= 0.3 is 0 Å². The Labute approximate surface area is 231 Å². The van der Waals surface area contributed by atoms with Gasteiger partial charge in [0.25, 0.3) is 0 Å². The van der Waals surface area contributed by atoms with E-state index in [1.165, 1.54) is 16.6 Å². The number of fused-ring (bicyclic) bond motifs is 1. The molecule has 0 saturated carbocycles. The van der Waals surface area contributed by atoms with Gasteiger partial charge < -0.3 is 15.1 Å². The van der Waals surface area contributed by atoms with E-state index in [2.05, 4.69) is 66.4 Å². The van der Waals surface area contributed by atoms with Crippen LogP contribution in [0.4, 0.5) is 5.69 Å². The number of carbonyl (C=O) groups excluding carboxylic acids is 1. The summed E-state index contributed by atoms with van der Waals surface area (Å²) in [5, 5.41) is 7.91. The number of benzene rings is 1.